The molecule has 2 aliphatic carbocycles. The lowest BCUT2D eigenvalue weighted by molar-refractivity contribution is -0.141. The van der Waals surface area contributed by atoms with Crippen LogP contribution in [-0.2, 0) is 9.53 Å². The Hall–Kier alpha value is -2.01. The first kappa shape index (κ1) is 18.8. The molecular weight excluding hydrogens is 330 g/mol. The number of allylic oxidation sites excluding steroid dienone is 1. The third kappa shape index (κ3) is 4.58. The van der Waals surface area contributed by atoms with Crippen LogP contribution in [-0.4, -0.2) is 44.7 Å². The first-order valence-electron chi connectivity index (χ1n) is 9.42. The maximum absolute atomic E-state index is 11.6. The van der Waals surface area contributed by atoms with Crippen molar-refractivity contribution in [2.45, 2.75) is 38.1 Å². The average Bonchev–Trinajstić information content (AvgIpc) is 3.47. The second-order valence-corrected chi connectivity index (χ2v) is 7.24. The number of hydrogen-bond acceptors (Lipinski definition) is 5. The summed E-state index contributed by atoms with van der Waals surface area (Å²) in [4.78, 5) is 13.9. The smallest absolute Gasteiger partial charge is 0.313 e. The molecule has 0 bridgehead atoms. The summed E-state index contributed by atoms with van der Waals surface area (Å²) in [7, 11) is 5.41. The largest absolute Gasteiger partial charge is 0.493 e. The molecule has 3 aliphatic rings. The Labute approximate surface area is 155 Å². The number of likely N-dealkylation sites (N-methyl/N-ethyl adjacent to an activating group) is 1. The minimum atomic E-state index is 0.00495. The number of nitrogens with zero attached hydrogens (tertiary/aromatic N) is 1. The number of ether oxygens (including phenoxy) is 3. The van der Waals surface area contributed by atoms with Crippen molar-refractivity contribution in [2.24, 2.45) is 11.8 Å². The lowest BCUT2D eigenvalue weighted by Gasteiger charge is -2.27. The van der Waals surface area contributed by atoms with Gasteiger partial charge in [-0.15, -0.1) is 0 Å². The van der Waals surface area contributed by atoms with Gasteiger partial charge < -0.3 is 14.2 Å². The van der Waals surface area contributed by atoms with Gasteiger partial charge >= 0.3 is 5.97 Å². The van der Waals surface area contributed by atoms with E-state index < -0.39 is 0 Å². The summed E-state index contributed by atoms with van der Waals surface area (Å²) in [6, 6.07) is 8.04. The topological polar surface area (TPSA) is 48.0 Å². The number of rotatable bonds is 4. The van der Waals surface area contributed by atoms with E-state index in [2.05, 4.69) is 18.0 Å². The predicted molar refractivity (Wildman–Crippen MR) is 100 cm³/mol. The van der Waals surface area contributed by atoms with Crippen LogP contribution in [0.1, 0.15) is 32.1 Å². The number of para-hydroxylation sites is 2. The van der Waals surface area contributed by atoms with E-state index in [1.54, 1.807) is 14.2 Å². The van der Waals surface area contributed by atoms with Crippen molar-refractivity contribution in [3.05, 3.63) is 36.1 Å². The molecule has 1 unspecified atom stereocenters. The molecule has 2 fully saturated rings. The van der Waals surface area contributed by atoms with E-state index in [0.717, 1.165) is 42.4 Å². The van der Waals surface area contributed by atoms with Crippen LogP contribution in [0, 0.1) is 11.8 Å². The zero-order valence-electron chi connectivity index (χ0n) is 15.9. The Morgan fingerprint density at radius 3 is 2.27 bits per heavy atom. The normalized spacial score (nSPS) is 24.7. The van der Waals surface area contributed by atoms with Gasteiger partial charge in [0.15, 0.2) is 11.5 Å². The fourth-order valence-electron chi connectivity index (χ4n) is 3.63. The lowest BCUT2D eigenvalue weighted by Crippen LogP contribution is -2.30. The van der Waals surface area contributed by atoms with Crippen molar-refractivity contribution in [2.75, 3.05) is 27.8 Å². The zero-order chi connectivity index (χ0) is 18.5. The summed E-state index contributed by atoms with van der Waals surface area (Å²) in [5.41, 5.74) is 0. The van der Waals surface area contributed by atoms with Crippen molar-refractivity contribution in [1.29, 1.82) is 0 Å². The van der Waals surface area contributed by atoms with Gasteiger partial charge in [0.25, 0.3) is 0 Å². The Kier molecular flexibility index (Phi) is 6.20. The molecule has 26 heavy (non-hydrogen) atoms. The summed E-state index contributed by atoms with van der Waals surface area (Å²) >= 11 is 0. The lowest BCUT2D eigenvalue weighted by atomic mass is 9.89. The minimum absolute atomic E-state index is 0.00495. The first-order valence-corrected chi connectivity index (χ1v) is 9.42. The maximum atomic E-state index is 11.6. The van der Waals surface area contributed by atoms with Crippen molar-refractivity contribution >= 4 is 5.97 Å². The second kappa shape index (κ2) is 8.58. The molecule has 1 heterocycles. The number of benzene rings is 1. The third-order valence-corrected chi connectivity index (χ3v) is 5.39. The second-order valence-electron chi connectivity index (χ2n) is 7.24. The summed E-state index contributed by atoms with van der Waals surface area (Å²) < 4.78 is 15.5. The number of hydrogen-bond donors (Lipinski definition) is 0. The number of likely N-dealkylation sites (tertiary alicyclic amines) is 1. The fourth-order valence-corrected chi connectivity index (χ4v) is 3.63. The van der Waals surface area contributed by atoms with Crippen LogP contribution in [0.15, 0.2) is 36.1 Å². The number of fused-ring (bicyclic) bond motifs is 1. The van der Waals surface area contributed by atoms with E-state index >= 15 is 0 Å². The van der Waals surface area contributed by atoms with Gasteiger partial charge in [0.2, 0.25) is 0 Å². The van der Waals surface area contributed by atoms with Crippen LogP contribution in [0.5, 0.6) is 11.5 Å². The monoisotopic (exact) mass is 359 g/mol. The van der Waals surface area contributed by atoms with Crippen LogP contribution in [0.2, 0.25) is 0 Å². The number of methoxy groups -OCH3 is 2. The SMILES string of the molecule is CN1CC[C@@H]2CCC(OC(=O)C3CC3)=CC21.COc1ccccc1OC. The van der Waals surface area contributed by atoms with E-state index in [1.807, 2.05) is 24.3 Å². The molecule has 2 atom stereocenters. The van der Waals surface area contributed by atoms with Crippen molar-refractivity contribution in [3.8, 4) is 11.5 Å². The van der Waals surface area contributed by atoms with Gasteiger partial charge in [0.1, 0.15) is 5.76 Å². The first-order chi connectivity index (χ1) is 12.6. The minimum Gasteiger partial charge on any atom is -0.493 e. The van der Waals surface area contributed by atoms with E-state index in [1.165, 1.54) is 19.4 Å². The molecule has 5 nitrogen and oxygen atoms in total. The van der Waals surface area contributed by atoms with Gasteiger partial charge in [-0.05, 0) is 63.4 Å². The highest BCUT2D eigenvalue weighted by molar-refractivity contribution is 5.75. The molecule has 1 aromatic carbocycles. The van der Waals surface area contributed by atoms with Gasteiger partial charge in [-0.25, -0.2) is 0 Å². The Morgan fingerprint density at radius 1 is 1.04 bits per heavy atom. The van der Waals surface area contributed by atoms with Gasteiger partial charge in [0, 0.05) is 12.5 Å². The molecule has 1 aromatic rings. The number of carbonyl (C=O) groups excluding carboxylic acids is 1. The van der Waals surface area contributed by atoms with Crippen LogP contribution in [0.4, 0.5) is 0 Å². The van der Waals surface area contributed by atoms with Crippen molar-refractivity contribution < 1.29 is 19.0 Å². The Morgan fingerprint density at radius 2 is 1.69 bits per heavy atom. The van der Waals surface area contributed by atoms with Gasteiger partial charge in [-0.1, -0.05) is 12.1 Å². The molecule has 1 saturated carbocycles. The highest BCUT2D eigenvalue weighted by Crippen LogP contribution is 2.36. The Bertz CT molecular complexity index is 630. The van der Waals surface area contributed by atoms with Crippen LogP contribution in [0.3, 0.4) is 0 Å². The summed E-state index contributed by atoms with van der Waals surface area (Å²) in [6.07, 6.45) is 7.66. The van der Waals surface area contributed by atoms with Crippen LogP contribution < -0.4 is 9.47 Å². The molecule has 0 N–H and O–H groups in total. The molecular formula is C21H29NO4. The van der Waals surface area contributed by atoms with E-state index in [-0.39, 0.29) is 11.9 Å². The molecule has 4 rings (SSSR count). The number of carbonyl (C=O) groups is 1. The molecule has 0 amide bonds. The standard InChI is InChI=1S/C13H19NO2.C8H10O2/c1-14-7-6-9-4-5-11(8-12(9)14)16-13(15)10-2-3-10;1-9-7-5-3-4-6-8(7)10-2/h8-10,12H,2-7H2,1H3;3-6H,1-2H3/t9-,12?;/m0./s1. The van der Waals surface area contributed by atoms with E-state index in [4.69, 9.17) is 14.2 Å². The Balaban J connectivity index is 0.000000170. The zero-order valence-corrected chi connectivity index (χ0v) is 15.9. The molecule has 0 spiro atoms. The van der Waals surface area contributed by atoms with Gasteiger partial charge in [-0.3, -0.25) is 9.69 Å². The van der Waals surface area contributed by atoms with Crippen LogP contribution >= 0.6 is 0 Å². The predicted octanol–water partition coefficient (Wildman–Crippen LogP) is 3.64. The van der Waals surface area contributed by atoms with Gasteiger partial charge in [-0.2, -0.15) is 0 Å². The average molecular weight is 359 g/mol. The molecule has 1 saturated heterocycles. The molecule has 1 aliphatic heterocycles. The molecule has 142 valence electrons. The summed E-state index contributed by atoms with van der Waals surface area (Å²) in [6.45, 7) is 1.18. The van der Waals surface area contributed by atoms with Gasteiger partial charge in [0.05, 0.1) is 20.1 Å². The summed E-state index contributed by atoms with van der Waals surface area (Å²) in [5, 5.41) is 0. The molecule has 0 aromatic heterocycles. The van der Waals surface area contributed by atoms with Crippen LogP contribution in [0.25, 0.3) is 0 Å². The van der Waals surface area contributed by atoms with E-state index in [0.29, 0.717) is 6.04 Å². The summed E-state index contributed by atoms with van der Waals surface area (Å²) in [5.74, 6) is 3.46. The highest BCUT2D eigenvalue weighted by Gasteiger charge is 2.36. The molecule has 5 heteroatoms. The maximum Gasteiger partial charge on any atom is 0.313 e. The fraction of sp³-hybridized carbons (Fsp3) is 0.571. The highest BCUT2D eigenvalue weighted by atomic mass is 16.5. The number of esters is 1. The van der Waals surface area contributed by atoms with Crippen molar-refractivity contribution in [1.82, 2.24) is 4.90 Å². The molecule has 0 radical (unpaired) electrons. The quantitative estimate of drug-likeness (QED) is 0.768. The third-order valence-electron chi connectivity index (χ3n) is 5.39. The van der Waals surface area contributed by atoms with E-state index in [9.17, 15) is 4.79 Å². The van der Waals surface area contributed by atoms with Crippen molar-refractivity contribution in [3.63, 3.8) is 0 Å².